The standard InChI is InChI=1S/C31H46BrN3O7/c1-19-17-33-21(37)12-8-7-9-14-35(30(5,6)18-29(2,3)4)27(39)25-31-16-20(32)24(42-31)22(28(40)41-19)23(31)26(38)34(25)13-10-11-15-36/h7,9,16,19,22-25,36H,8,10-15,17-18H2,1-6H3,(H,33,37)/b9-7-/t19-,22+,23-,24+,25+,31-/m1/s1. The van der Waals surface area contributed by atoms with Crippen LogP contribution in [0, 0.1) is 17.3 Å². The first-order chi connectivity index (χ1) is 19.6. The summed E-state index contributed by atoms with van der Waals surface area (Å²) in [6.45, 7) is 12.8. The fourth-order valence-electron chi connectivity index (χ4n) is 7.25. The van der Waals surface area contributed by atoms with E-state index in [0.717, 1.165) is 0 Å². The van der Waals surface area contributed by atoms with Gasteiger partial charge in [-0.15, -0.1) is 0 Å². The lowest BCUT2D eigenvalue weighted by molar-refractivity contribution is -0.159. The summed E-state index contributed by atoms with van der Waals surface area (Å²) < 4.78 is 12.9. The Bertz CT molecular complexity index is 1150. The van der Waals surface area contributed by atoms with Crippen LogP contribution in [0.1, 0.15) is 73.6 Å². The highest BCUT2D eigenvalue weighted by molar-refractivity contribution is 9.11. The number of carbonyl (C=O) groups is 4. The molecule has 5 bridgehead atoms. The number of carbonyl (C=O) groups excluding carboxylic acids is 4. The van der Waals surface area contributed by atoms with Gasteiger partial charge in [-0.2, -0.15) is 0 Å². The van der Waals surface area contributed by atoms with Gasteiger partial charge in [0.1, 0.15) is 29.8 Å². The van der Waals surface area contributed by atoms with Crippen molar-refractivity contribution >= 4 is 39.6 Å². The molecule has 1 spiro atoms. The summed E-state index contributed by atoms with van der Waals surface area (Å²) >= 11 is 3.57. The van der Waals surface area contributed by atoms with E-state index in [2.05, 4.69) is 42.0 Å². The second kappa shape index (κ2) is 12.4. The first-order valence-electron chi connectivity index (χ1n) is 15.0. The first-order valence-corrected chi connectivity index (χ1v) is 15.8. The molecule has 0 aromatic rings. The number of aliphatic hydroxyl groups excluding tert-OH is 1. The second-order valence-electron chi connectivity index (χ2n) is 13.8. The molecule has 42 heavy (non-hydrogen) atoms. The number of halogens is 1. The van der Waals surface area contributed by atoms with Crippen LogP contribution in [0.3, 0.4) is 0 Å². The monoisotopic (exact) mass is 651 g/mol. The van der Waals surface area contributed by atoms with Gasteiger partial charge < -0.3 is 29.7 Å². The molecule has 10 nitrogen and oxygen atoms in total. The highest BCUT2D eigenvalue weighted by atomic mass is 79.9. The molecule has 11 heteroatoms. The molecule has 2 saturated heterocycles. The van der Waals surface area contributed by atoms with Crippen LogP contribution >= 0.6 is 15.9 Å². The number of allylic oxidation sites excluding steroid dienone is 1. The Hall–Kier alpha value is -2.24. The third-order valence-corrected chi connectivity index (χ3v) is 9.28. The topological polar surface area (TPSA) is 125 Å². The minimum absolute atomic E-state index is 0.0296. The average Bonchev–Trinajstić information content (AvgIpc) is 3.46. The quantitative estimate of drug-likeness (QED) is 0.257. The number of nitrogens with one attached hydrogen (secondary N) is 1. The highest BCUT2D eigenvalue weighted by Crippen LogP contribution is 2.59. The molecule has 0 aromatic carbocycles. The van der Waals surface area contributed by atoms with Crippen molar-refractivity contribution in [3.8, 4) is 0 Å². The fourth-order valence-corrected chi connectivity index (χ4v) is 7.99. The summed E-state index contributed by atoms with van der Waals surface area (Å²) in [5.74, 6) is -3.20. The van der Waals surface area contributed by atoms with Gasteiger partial charge in [-0.3, -0.25) is 19.2 Å². The number of esters is 1. The first kappa shape index (κ1) is 32.7. The van der Waals surface area contributed by atoms with Gasteiger partial charge in [-0.1, -0.05) is 48.9 Å². The number of cyclic esters (lactones) is 1. The molecule has 6 atom stereocenters. The zero-order chi connectivity index (χ0) is 31.0. The van der Waals surface area contributed by atoms with Crippen LogP contribution < -0.4 is 5.32 Å². The number of likely N-dealkylation sites (tertiary alicyclic amines) is 1. The third kappa shape index (κ3) is 6.33. The number of ether oxygens (including phenoxy) is 2. The molecule has 4 heterocycles. The summed E-state index contributed by atoms with van der Waals surface area (Å²) in [7, 11) is 0. The van der Waals surface area contributed by atoms with Crippen LogP contribution in [0.15, 0.2) is 22.7 Å². The van der Waals surface area contributed by atoms with E-state index in [0.29, 0.717) is 30.2 Å². The minimum Gasteiger partial charge on any atom is -0.460 e. The molecule has 0 aliphatic carbocycles. The Balaban J connectivity index is 1.83. The summed E-state index contributed by atoms with van der Waals surface area (Å²) in [5.41, 5.74) is -2.03. The van der Waals surface area contributed by atoms with Crippen molar-refractivity contribution in [2.24, 2.45) is 17.3 Å². The Kier molecular flexibility index (Phi) is 9.65. The van der Waals surface area contributed by atoms with Crippen molar-refractivity contribution in [1.29, 1.82) is 0 Å². The number of aliphatic hydroxyl groups is 1. The Labute approximate surface area is 257 Å². The minimum atomic E-state index is -1.34. The van der Waals surface area contributed by atoms with Gasteiger partial charge in [-0.05, 0) is 57.9 Å². The number of rotatable bonds is 6. The predicted molar refractivity (Wildman–Crippen MR) is 160 cm³/mol. The van der Waals surface area contributed by atoms with E-state index >= 15 is 0 Å². The van der Waals surface area contributed by atoms with Crippen LogP contribution in [0.25, 0.3) is 0 Å². The summed E-state index contributed by atoms with van der Waals surface area (Å²) in [4.78, 5) is 58.5. The van der Waals surface area contributed by atoms with Crippen molar-refractivity contribution < 1.29 is 33.8 Å². The van der Waals surface area contributed by atoms with Gasteiger partial charge in [-0.25, -0.2) is 0 Å². The van der Waals surface area contributed by atoms with E-state index in [4.69, 9.17) is 9.47 Å². The number of nitrogens with zero attached hydrogens (tertiary/aromatic N) is 2. The number of amides is 3. The smallest absolute Gasteiger partial charge is 0.313 e. The molecule has 0 aromatic heterocycles. The van der Waals surface area contributed by atoms with E-state index in [1.807, 2.05) is 30.9 Å². The molecule has 2 fully saturated rings. The number of hydrogen-bond acceptors (Lipinski definition) is 7. The lowest BCUT2D eigenvalue weighted by atomic mass is 9.74. The van der Waals surface area contributed by atoms with E-state index < -0.39 is 47.2 Å². The molecular weight excluding hydrogens is 606 g/mol. The average molecular weight is 653 g/mol. The lowest BCUT2D eigenvalue weighted by Gasteiger charge is -2.45. The van der Waals surface area contributed by atoms with Crippen molar-refractivity contribution in [2.45, 2.75) is 103 Å². The van der Waals surface area contributed by atoms with Crippen LogP contribution in [0.2, 0.25) is 0 Å². The van der Waals surface area contributed by atoms with Gasteiger partial charge >= 0.3 is 5.97 Å². The Morgan fingerprint density at radius 2 is 1.81 bits per heavy atom. The van der Waals surface area contributed by atoms with Crippen molar-refractivity contribution in [3.05, 3.63) is 22.7 Å². The van der Waals surface area contributed by atoms with Crippen LogP contribution in [-0.2, 0) is 28.7 Å². The second-order valence-corrected chi connectivity index (χ2v) is 14.8. The van der Waals surface area contributed by atoms with E-state index in [1.54, 1.807) is 17.9 Å². The molecule has 234 valence electrons. The molecule has 4 aliphatic heterocycles. The SMILES string of the molecule is C[C@@H]1CNC(=O)CC/C=C\CN(C(C)(C)CC(C)(C)C)C(=O)[C@@H]2N(CCCCO)C(=O)[C@H]3[C@H](C(=O)O1)[C@H]1O[C@@]23C=C1Br. The van der Waals surface area contributed by atoms with Gasteiger partial charge in [0.15, 0.2) is 0 Å². The molecule has 0 saturated carbocycles. The molecule has 4 aliphatic rings. The lowest BCUT2D eigenvalue weighted by Crippen LogP contribution is -2.60. The maximum absolute atomic E-state index is 14.9. The maximum Gasteiger partial charge on any atom is 0.313 e. The molecular formula is C31H46BrN3O7. The molecule has 2 N–H and O–H groups in total. The molecule has 4 rings (SSSR count). The zero-order valence-electron chi connectivity index (χ0n) is 25.7. The van der Waals surface area contributed by atoms with Crippen LogP contribution in [-0.4, -0.2) is 94.2 Å². The zero-order valence-corrected chi connectivity index (χ0v) is 27.2. The van der Waals surface area contributed by atoms with Crippen molar-refractivity contribution in [1.82, 2.24) is 15.1 Å². The van der Waals surface area contributed by atoms with Crippen LogP contribution in [0.5, 0.6) is 0 Å². The fraction of sp³-hybridized carbons (Fsp3) is 0.742. The number of fused-ring (bicyclic) bond motifs is 2. The van der Waals surface area contributed by atoms with Gasteiger partial charge in [0.25, 0.3) is 0 Å². The summed E-state index contributed by atoms with van der Waals surface area (Å²) in [6.07, 6.45) is 6.68. The van der Waals surface area contributed by atoms with Gasteiger partial charge in [0, 0.05) is 36.1 Å². The van der Waals surface area contributed by atoms with Gasteiger partial charge in [0.2, 0.25) is 17.7 Å². The highest BCUT2D eigenvalue weighted by Gasteiger charge is 2.75. The molecule has 0 radical (unpaired) electrons. The molecule has 0 unspecified atom stereocenters. The van der Waals surface area contributed by atoms with Gasteiger partial charge in [0.05, 0.1) is 12.5 Å². The number of unbranched alkanes of at least 4 members (excludes halogenated alkanes) is 1. The van der Waals surface area contributed by atoms with Crippen LogP contribution in [0.4, 0.5) is 0 Å². The Morgan fingerprint density at radius 1 is 1.10 bits per heavy atom. The maximum atomic E-state index is 14.9. The predicted octanol–water partition coefficient (Wildman–Crippen LogP) is 3.07. The third-order valence-electron chi connectivity index (χ3n) is 8.60. The van der Waals surface area contributed by atoms with Crippen molar-refractivity contribution in [3.63, 3.8) is 0 Å². The summed E-state index contributed by atoms with van der Waals surface area (Å²) in [5, 5.41) is 12.3. The molecule has 3 amide bonds. The van der Waals surface area contributed by atoms with E-state index in [-0.39, 0.29) is 55.8 Å². The Morgan fingerprint density at radius 3 is 2.48 bits per heavy atom. The van der Waals surface area contributed by atoms with Crippen molar-refractivity contribution in [2.75, 3.05) is 26.2 Å². The largest absolute Gasteiger partial charge is 0.460 e. The normalized spacial score (nSPS) is 33.4. The number of hydrogen-bond donors (Lipinski definition) is 2. The summed E-state index contributed by atoms with van der Waals surface area (Å²) in [6, 6.07) is -0.993. The van der Waals surface area contributed by atoms with E-state index in [1.165, 1.54) is 0 Å². The van der Waals surface area contributed by atoms with E-state index in [9.17, 15) is 24.3 Å².